The van der Waals surface area contributed by atoms with Crippen LogP contribution in [-0.2, 0) is 108 Å². The minimum atomic E-state index is -3.61. The number of hydrogen-bond acceptors (Lipinski definition) is 32. The molecule has 0 saturated heterocycles. The zero-order chi connectivity index (χ0) is 112. The van der Waals surface area contributed by atoms with Crippen LogP contribution in [0.25, 0.3) is 0 Å². The summed E-state index contributed by atoms with van der Waals surface area (Å²) in [5.41, 5.74) is 1.44. The number of amidine groups is 2. The molecule has 2 unspecified atom stereocenters. The number of carbonyl (C=O) groups excluding carboxylic acids is 8. The van der Waals surface area contributed by atoms with Gasteiger partial charge >= 0.3 is 10.2 Å². The molecule has 4 heterocycles. The summed E-state index contributed by atoms with van der Waals surface area (Å²) in [6, 6.07) is 3.76. The van der Waals surface area contributed by atoms with Crippen molar-refractivity contribution in [2.24, 2.45) is 72.6 Å². The molecule has 0 radical (unpaired) electrons. The van der Waals surface area contributed by atoms with Gasteiger partial charge in [0.25, 0.3) is 0 Å². The molecule has 2 aliphatic heterocycles. The van der Waals surface area contributed by atoms with E-state index in [1.165, 1.54) is 52.8 Å². The standard InChI is InChI=1S/C8H13NO3S.C8H10O2.C7H12N2O.C7H12N2.C7H11NO.C6H14N2O3S.C6H13NO3S.C6H9NO.C6H12O2.C5H10O2.C5H13OP.C5H12O.C5H10O.C4H11O2P.2C4H10O2S/c1-8(2,3)13(10,11)6-7-9-4-5-12-7;1-4(2)6-7(9)5(3)8(6)10;1-7(2,3)6-8-4-5(10)9-6;1-7(2,3)6-8-4-5-9-6;1-5(2)7-4-6(3)8-9-7;1-5(2)6(9)7-12(10,11)8(3)4;1-6(2,3)5(8)7-11(4,9)10;1-5(2)6(8)3-4-7;1-5(2)6(7)4-8-3;1-4(2)5(7)3-6;1-5(2)7(3,4)6;2*1-4(2)5(3)6;3*1-4(2)7(3,5)6/h4-5H,6H2,1-3H3;4,9H,3H2,1-2H3;4H2,1-3H3,(H,8,9,10);4H,5H2,1-3H3;4-5H,1-3H3;5H,1-4H3,(H,7,9);1-4H3,(H,7,8);5H,3H2,1-2H3;5H,4H2,1-3H3;4,6H,3H2,1-2H3;5H,1-4H3;4-6H,1-3H3;4H,1-3H3;4H,1-3H3,(H,5,6);2*4H,1-3H3. The third-order valence-electron chi connectivity index (χ3n) is 17.7. The summed E-state index contributed by atoms with van der Waals surface area (Å²) in [6.45, 7) is 80.9. The maximum Gasteiger partial charge on any atom is 0.303 e. The lowest BCUT2D eigenvalue weighted by Gasteiger charge is -2.22. The van der Waals surface area contributed by atoms with Crippen molar-refractivity contribution in [3.8, 4) is 6.07 Å². The number of allylic oxidation sites excluding steroid dienone is 2. The van der Waals surface area contributed by atoms with Gasteiger partial charge in [0, 0.05) is 121 Å². The van der Waals surface area contributed by atoms with E-state index in [9.17, 15) is 89.6 Å². The summed E-state index contributed by atoms with van der Waals surface area (Å²) in [4.78, 5) is 110. The molecule has 3 aliphatic rings. The van der Waals surface area contributed by atoms with Gasteiger partial charge in [0.1, 0.15) is 86.2 Å². The number of aromatic nitrogens is 2. The highest BCUT2D eigenvalue weighted by atomic mass is 32.2. The number of sulfone groups is 3. The first-order valence-electron chi connectivity index (χ1n) is 44.5. The molecule has 7 N–H and O–H groups in total. The fourth-order valence-electron chi connectivity index (χ4n) is 5.32. The molecule has 1 aliphatic carbocycles. The second kappa shape index (κ2) is 72.3. The Balaban J connectivity index is -0.000000138. The number of methoxy groups -OCH3 is 1. The highest BCUT2D eigenvalue weighted by Gasteiger charge is 2.34. The van der Waals surface area contributed by atoms with Gasteiger partial charge in [0.15, 0.2) is 34.6 Å². The van der Waals surface area contributed by atoms with Crippen LogP contribution in [-0.4, -0.2) is 260 Å². The van der Waals surface area contributed by atoms with E-state index in [0.29, 0.717) is 29.6 Å². The molecule has 37 nitrogen and oxygen atoms in total. The SMILES string of the molecule is C=C1C(=O)C(C(C)C)=C1O.CC(=O)C(C)C.CC(C)(C)C(=O)NS(C)(=O)=O.CC(C)(C)C1=NCC(=O)N1.CC(C)(C)C1=NCC=N1.CC(C)(C)S(=O)(=O)Cc1ncco1.CC(C)C(=O)CC#N.CC(C)C(=O)CO.CC(C)C(=O)NS(=O)(=O)N(C)C.CC(C)C(C)O.CC(C)P(C)(=O)O.CC(C)P(C)(C)=O.CC(C)S(C)(=O)=O.CC(C)S(C)(=O)=O.COCC(=O)C(C)C.Cc1cc(C(C)C)on1. The van der Waals surface area contributed by atoms with E-state index in [0.717, 1.165) is 40.2 Å². The van der Waals surface area contributed by atoms with Crippen molar-refractivity contribution >= 4 is 129 Å². The maximum absolute atomic E-state index is 11.6. The van der Waals surface area contributed by atoms with Gasteiger partial charge in [-0.3, -0.25) is 57.6 Å². The number of aliphatic hydroxyl groups is 3. The van der Waals surface area contributed by atoms with Crippen LogP contribution in [0.4, 0.5) is 0 Å². The number of aliphatic imine (C=N–C) groups is 3. The highest BCUT2D eigenvalue weighted by Crippen LogP contribution is 2.42. The van der Waals surface area contributed by atoms with E-state index in [1.807, 2.05) is 132 Å². The first-order valence-corrected chi connectivity index (χ1v) is 58.3. The van der Waals surface area contributed by atoms with Crippen LogP contribution in [0.15, 0.2) is 65.9 Å². The van der Waals surface area contributed by atoms with E-state index in [1.54, 1.807) is 145 Å². The maximum atomic E-state index is 11.6. The average Bonchev–Trinajstić information content (AvgIpc) is 1.54. The number of aliphatic hydroxyl groups excluding tert-OH is 3. The second-order valence-corrected chi connectivity index (χ2v) is 58.4. The predicted molar refractivity (Wildman–Crippen MR) is 557 cm³/mol. The number of nitrogens with one attached hydrogen (secondary N) is 3. The molecular weight excluding hydrogens is 1910 g/mol. The number of aryl methyl sites for hydroxylation is 1. The number of rotatable bonds is 21. The van der Waals surface area contributed by atoms with E-state index < -0.39 is 86.2 Å². The fourth-order valence-corrected chi connectivity index (χ4v) is 7.53. The van der Waals surface area contributed by atoms with E-state index in [4.69, 9.17) is 34.4 Å². The number of carbonyl (C=O) groups is 8. The Morgan fingerprint density at radius 3 is 1.18 bits per heavy atom. The van der Waals surface area contributed by atoms with E-state index >= 15 is 0 Å². The summed E-state index contributed by atoms with van der Waals surface area (Å²) in [5, 5.41) is 39.9. The molecule has 0 spiro atoms. The molecule has 0 aromatic carbocycles. The van der Waals surface area contributed by atoms with Gasteiger partial charge in [0.05, 0.1) is 71.2 Å². The Hall–Kier alpha value is -7.03. The van der Waals surface area contributed by atoms with E-state index in [2.05, 4.69) is 76.4 Å². The Bertz CT molecular complexity index is 4700. The molecule has 0 fully saturated rings. The van der Waals surface area contributed by atoms with Crippen LogP contribution < -0.4 is 14.8 Å². The normalized spacial score (nSPS) is 13.6. The minimum absolute atomic E-state index is 0.00456. The lowest BCUT2D eigenvalue weighted by atomic mass is 9.82. The zero-order valence-corrected chi connectivity index (χ0v) is 97.9. The topological polar surface area (TPSA) is 584 Å². The van der Waals surface area contributed by atoms with Gasteiger partial charge in [-0.25, -0.2) is 48.4 Å². The third-order valence-corrected chi connectivity index (χ3v) is 30.0. The minimum Gasteiger partial charge on any atom is -0.507 e. The first-order chi connectivity index (χ1) is 60.7. The van der Waals surface area contributed by atoms with Crippen LogP contribution in [0.1, 0.15) is 293 Å². The molecule has 2 aromatic heterocycles. The van der Waals surface area contributed by atoms with Crippen molar-refractivity contribution in [2.75, 3.05) is 86.3 Å². The predicted octanol–water partition coefficient (Wildman–Crippen LogP) is 15.5. The van der Waals surface area contributed by atoms with Crippen molar-refractivity contribution in [3.63, 3.8) is 0 Å². The number of Topliss-reactive ketones (excluding diaryl/α,β-unsaturated/α-hetero) is 5. The van der Waals surface area contributed by atoms with Crippen molar-refractivity contribution in [2.45, 2.75) is 321 Å². The average molecular weight is 2090 g/mol. The summed E-state index contributed by atoms with van der Waals surface area (Å²) >= 11 is 0. The van der Waals surface area contributed by atoms with Crippen LogP contribution >= 0.6 is 14.5 Å². The zero-order valence-electron chi connectivity index (χ0n) is 92.0. The van der Waals surface area contributed by atoms with Crippen molar-refractivity contribution in [1.82, 2.24) is 29.2 Å². The number of nitriles is 1. The molecule has 2 atom stereocenters. The third kappa shape index (κ3) is 88.9. The Morgan fingerprint density at radius 1 is 0.650 bits per heavy atom. The highest BCUT2D eigenvalue weighted by molar-refractivity contribution is 7.92. The van der Waals surface area contributed by atoms with Crippen LogP contribution in [0.5, 0.6) is 0 Å². The summed E-state index contributed by atoms with van der Waals surface area (Å²) < 4.78 is 148. The Morgan fingerprint density at radius 2 is 1.04 bits per heavy atom. The number of amides is 3. The van der Waals surface area contributed by atoms with Gasteiger partial charge in [-0.15, -0.1) is 0 Å². The molecule has 3 amide bonds. The number of ether oxygens (including phenoxy) is 1. The lowest BCUT2D eigenvalue weighted by Crippen LogP contribution is -2.41. The molecule has 0 saturated carbocycles. The van der Waals surface area contributed by atoms with Gasteiger partial charge in [0.2, 0.25) is 33.6 Å². The second-order valence-electron chi connectivity index (χ2n) is 40.0. The number of sulfonamides is 1. The van der Waals surface area contributed by atoms with Crippen LogP contribution in [0.2, 0.25) is 0 Å². The molecular formula is C93H182N10O27P2S5. The number of nitrogens with zero attached hydrogens (tertiary/aromatic N) is 7. The fraction of sp³-hybridized carbons (Fsp3) is 0.763. The largest absolute Gasteiger partial charge is 0.507 e. The molecule has 806 valence electrons. The van der Waals surface area contributed by atoms with Crippen molar-refractivity contribution in [1.29, 1.82) is 5.26 Å². The molecule has 44 heteroatoms. The summed E-state index contributed by atoms with van der Waals surface area (Å²) in [7, 11) is -15.9. The van der Waals surface area contributed by atoms with Gasteiger partial charge in [-0.2, -0.15) is 18.0 Å². The molecule has 137 heavy (non-hydrogen) atoms. The monoisotopic (exact) mass is 2090 g/mol. The number of hydrogen-bond donors (Lipinski definition) is 7. The van der Waals surface area contributed by atoms with Gasteiger partial charge < -0.3 is 43.8 Å². The molecule has 5 rings (SSSR count). The Labute approximate surface area is 826 Å². The smallest absolute Gasteiger partial charge is 0.303 e. The lowest BCUT2D eigenvalue weighted by molar-refractivity contribution is -0.127. The Kier molecular flexibility index (Phi) is 80.6. The van der Waals surface area contributed by atoms with Crippen LogP contribution in [0, 0.1) is 75.9 Å². The van der Waals surface area contributed by atoms with Crippen LogP contribution in [0.3, 0.4) is 0 Å². The van der Waals surface area contributed by atoms with Crippen molar-refractivity contribution in [3.05, 3.63) is 59.4 Å². The quantitative estimate of drug-likeness (QED) is 0.0451. The van der Waals surface area contributed by atoms with Gasteiger partial charge in [-0.1, -0.05) is 213 Å². The summed E-state index contributed by atoms with van der Waals surface area (Å²) in [5.74, 6) is 3.16. The molecule has 0 bridgehead atoms. The number of oxazole rings is 1. The molecule has 2 aromatic rings. The first kappa shape index (κ1) is 153. The summed E-state index contributed by atoms with van der Waals surface area (Å²) in [6.07, 6.45) is 7.98. The number of ketones is 5. The van der Waals surface area contributed by atoms with Gasteiger partial charge in [-0.05, 0) is 94.4 Å². The van der Waals surface area contributed by atoms with E-state index in [-0.39, 0.29) is 146 Å². The van der Waals surface area contributed by atoms with Crippen molar-refractivity contribution < 1.29 is 123 Å².